The molecule has 1 aliphatic carbocycles. The molecule has 4 heterocycles. The highest BCUT2D eigenvalue weighted by Crippen LogP contribution is 2.44. The predicted molar refractivity (Wildman–Crippen MR) is 148 cm³/mol. The summed E-state index contributed by atoms with van der Waals surface area (Å²) < 4.78 is 15.5. The summed E-state index contributed by atoms with van der Waals surface area (Å²) in [5, 5.41) is 34.9. The highest BCUT2D eigenvalue weighted by Gasteiger charge is 2.32. The Balaban J connectivity index is 1.33. The van der Waals surface area contributed by atoms with E-state index in [-0.39, 0.29) is 11.9 Å². The summed E-state index contributed by atoms with van der Waals surface area (Å²) >= 11 is 1.27. The number of carbonyl (C=O) groups is 1. The van der Waals surface area contributed by atoms with Gasteiger partial charge in [-0.25, -0.2) is 19.0 Å². The number of fused-ring (bicyclic) bond motifs is 1. The lowest BCUT2D eigenvalue weighted by atomic mass is 10.1. The van der Waals surface area contributed by atoms with Crippen LogP contribution in [0, 0.1) is 17.1 Å². The average Bonchev–Trinajstić information content (AvgIpc) is 3.63. The van der Waals surface area contributed by atoms with E-state index in [0.717, 1.165) is 29.7 Å². The van der Waals surface area contributed by atoms with Crippen LogP contribution in [0.25, 0.3) is 22.3 Å². The van der Waals surface area contributed by atoms with Crippen molar-refractivity contribution in [3.05, 3.63) is 47.2 Å². The van der Waals surface area contributed by atoms with Crippen molar-refractivity contribution < 1.29 is 19.4 Å². The lowest BCUT2D eigenvalue weighted by Gasteiger charge is -2.36. The van der Waals surface area contributed by atoms with Crippen LogP contribution in [0.2, 0.25) is 0 Å². The molecule has 3 aromatic heterocycles. The van der Waals surface area contributed by atoms with Gasteiger partial charge in [0.2, 0.25) is 0 Å². The first kappa shape index (κ1) is 26.1. The monoisotopic (exact) mass is 562 g/mol. The number of aliphatic hydroxyl groups excluding tert-OH is 2. The summed E-state index contributed by atoms with van der Waals surface area (Å²) in [6.07, 6.45) is 2.41. The van der Waals surface area contributed by atoms with Crippen molar-refractivity contribution in [2.45, 2.75) is 25.0 Å². The topological polar surface area (TPSA) is 135 Å². The van der Waals surface area contributed by atoms with Gasteiger partial charge >= 0.3 is 0 Å². The Bertz CT molecular complexity index is 1600. The number of piperazine rings is 1. The first-order valence-electron chi connectivity index (χ1n) is 13.0. The summed E-state index contributed by atoms with van der Waals surface area (Å²) in [5.74, 6) is 0.00914. The van der Waals surface area contributed by atoms with Gasteiger partial charge in [0.25, 0.3) is 5.91 Å². The van der Waals surface area contributed by atoms with E-state index in [1.807, 2.05) is 22.7 Å². The van der Waals surface area contributed by atoms with Crippen molar-refractivity contribution in [3.63, 3.8) is 0 Å². The highest BCUT2D eigenvalue weighted by molar-refractivity contribution is 7.16. The Hall–Kier alpha value is -4.12. The minimum Gasteiger partial charge on any atom is -0.393 e. The standard InChI is InChI=1S/C27H27FN8O3S/c1-33(27-31-23(22(13-29)40-27)16-2-4-17(28)5-3-16)25-20-12-19(14-30-24(20)32-36(25)18-6-7-18)34-8-10-35(11-9-34)26(39)21(38)15-37/h2-5,12,14,18,21,37-38H,6-11,15H2,1H3. The fourth-order valence-corrected chi connectivity index (χ4v) is 5.79. The number of thiazole rings is 1. The van der Waals surface area contributed by atoms with E-state index in [2.05, 4.69) is 16.0 Å². The van der Waals surface area contributed by atoms with E-state index in [4.69, 9.17) is 15.2 Å². The summed E-state index contributed by atoms with van der Waals surface area (Å²) in [4.78, 5) is 27.7. The first-order valence-corrected chi connectivity index (χ1v) is 13.8. The minimum atomic E-state index is -1.40. The van der Waals surface area contributed by atoms with Crippen LogP contribution in [-0.4, -0.2) is 86.7 Å². The van der Waals surface area contributed by atoms with Gasteiger partial charge in [0.1, 0.15) is 28.3 Å². The fourth-order valence-electron chi connectivity index (χ4n) is 4.94. The quantitative estimate of drug-likeness (QED) is 0.349. The van der Waals surface area contributed by atoms with Crippen LogP contribution in [-0.2, 0) is 4.79 Å². The van der Waals surface area contributed by atoms with E-state index < -0.39 is 18.6 Å². The first-order chi connectivity index (χ1) is 19.4. The van der Waals surface area contributed by atoms with Crippen molar-refractivity contribution in [2.75, 3.05) is 49.6 Å². The third-order valence-corrected chi connectivity index (χ3v) is 8.30. The average molecular weight is 563 g/mol. The van der Waals surface area contributed by atoms with Crippen molar-refractivity contribution in [1.82, 2.24) is 24.6 Å². The van der Waals surface area contributed by atoms with Crippen molar-refractivity contribution in [2.24, 2.45) is 0 Å². The van der Waals surface area contributed by atoms with Gasteiger partial charge in [-0.15, -0.1) is 0 Å². The van der Waals surface area contributed by atoms with Gasteiger partial charge in [-0.1, -0.05) is 11.3 Å². The molecule has 2 fully saturated rings. The minimum absolute atomic E-state index is 0.259. The van der Waals surface area contributed by atoms with Crippen LogP contribution in [0.15, 0.2) is 36.5 Å². The van der Waals surface area contributed by atoms with Gasteiger partial charge in [0.05, 0.1) is 29.9 Å². The lowest BCUT2D eigenvalue weighted by Crippen LogP contribution is -2.52. The molecule has 11 nitrogen and oxygen atoms in total. The van der Waals surface area contributed by atoms with Gasteiger partial charge < -0.3 is 24.9 Å². The second-order valence-electron chi connectivity index (χ2n) is 9.93. The summed E-state index contributed by atoms with van der Waals surface area (Å²) in [6.45, 7) is 1.35. The number of amides is 1. The number of rotatable bonds is 7. The smallest absolute Gasteiger partial charge is 0.253 e. The zero-order valence-corrected chi connectivity index (χ0v) is 22.6. The molecule has 40 heavy (non-hydrogen) atoms. The van der Waals surface area contributed by atoms with Crippen molar-refractivity contribution in [1.29, 1.82) is 5.26 Å². The van der Waals surface area contributed by atoms with E-state index in [0.29, 0.717) is 53.1 Å². The third-order valence-electron chi connectivity index (χ3n) is 7.26. The lowest BCUT2D eigenvalue weighted by molar-refractivity contribution is -0.142. The molecule has 1 aromatic carbocycles. The van der Waals surface area contributed by atoms with Gasteiger partial charge in [-0.05, 0) is 43.2 Å². The maximum Gasteiger partial charge on any atom is 0.253 e. The molecule has 13 heteroatoms. The number of pyridine rings is 1. The number of hydrogen-bond acceptors (Lipinski definition) is 10. The molecule has 6 rings (SSSR count). The number of nitriles is 1. The number of nitrogens with zero attached hydrogens (tertiary/aromatic N) is 8. The molecule has 0 spiro atoms. The van der Waals surface area contributed by atoms with E-state index in [1.54, 1.807) is 23.2 Å². The van der Waals surface area contributed by atoms with Crippen LogP contribution in [0.1, 0.15) is 23.8 Å². The molecule has 0 radical (unpaired) electrons. The maximum atomic E-state index is 13.5. The van der Waals surface area contributed by atoms with Crippen molar-refractivity contribution in [3.8, 4) is 17.3 Å². The normalized spacial score (nSPS) is 16.3. The van der Waals surface area contributed by atoms with Crippen LogP contribution in [0.3, 0.4) is 0 Å². The fraction of sp³-hybridized carbons (Fsp3) is 0.370. The van der Waals surface area contributed by atoms with E-state index in [9.17, 15) is 19.6 Å². The summed E-state index contributed by atoms with van der Waals surface area (Å²) in [7, 11) is 1.90. The van der Waals surface area contributed by atoms with Crippen LogP contribution < -0.4 is 9.80 Å². The molecule has 1 aliphatic heterocycles. The highest BCUT2D eigenvalue weighted by atomic mass is 32.1. The second-order valence-corrected chi connectivity index (χ2v) is 10.9. The van der Waals surface area contributed by atoms with Gasteiger partial charge in [0, 0.05) is 38.8 Å². The zero-order chi connectivity index (χ0) is 28.0. The molecular weight excluding hydrogens is 535 g/mol. The maximum absolute atomic E-state index is 13.5. The molecule has 2 aliphatic rings. The zero-order valence-electron chi connectivity index (χ0n) is 21.7. The van der Waals surface area contributed by atoms with Crippen LogP contribution >= 0.6 is 11.3 Å². The number of aliphatic hydroxyl groups is 2. The predicted octanol–water partition coefficient (Wildman–Crippen LogP) is 2.67. The molecule has 4 aromatic rings. The summed E-state index contributed by atoms with van der Waals surface area (Å²) in [5.41, 5.74) is 2.67. The van der Waals surface area contributed by atoms with Gasteiger partial charge in [-0.2, -0.15) is 10.4 Å². The summed E-state index contributed by atoms with van der Waals surface area (Å²) in [6, 6.07) is 10.5. The molecule has 1 unspecified atom stereocenters. The van der Waals surface area contributed by atoms with Crippen LogP contribution in [0.4, 0.5) is 21.0 Å². The largest absolute Gasteiger partial charge is 0.393 e. The van der Waals surface area contributed by atoms with Gasteiger partial charge in [-0.3, -0.25) is 4.79 Å². The Morgan fingerprint density at radius 1 is 1.25 bits per heavy atom. The molecule has 1 saturated heterocycles. The molecule has 206 valence electrons. The molecule has 1 atom stereocenters. The third kappa shape index (κ3) is 4.74. The molecule has 2 N–H and O–H groups in total. The number of carbonyl (C=O) groups excluding carboxylic acids is 1. The molecule has 1 saturated carbocycles. The van der Waals surface area contributed by atoms with Crippen molar-refractivity contribution >= 4 is 44.9 Å². The Morgan fingerprint density at radius 2 is 1.98 bits per heavy atom. The number of hydrogen-bond donors (Lipinski definition) is 2. The molecular formula is C27H27FN8O3S. The molecule has 0 bridgehead atoms. The number of halogens is 1. The Labute approximate surface area is 233 Å². The second kappa shape index (κ2) is 10.5. The number of benzene rings is 1. The van der Waals surface area contributed by atoms with Gasteiger partial charge in [0.15, 0.2) is 16.9 Å². The Morgan fingerprint density at radius 3 is 2.62 bits per heavy atom. The van der Waals surface area contributed by atoms with E-state index >= 15 is 0 Å². The Kier molecular flexibility index (Phi) is 6.83. The van der Waals surface area contributed by atoms with Crippen LogP contribution in [0.5, 0.6) is 0 Å². The SMILES string of the molecule is CN(c1nc(-c2ccc(F)cc2)c(C#N)s1)c1c2cc(N3CCN(C(=O)C(O)CO)CC3)cnc2nn1C1CC1. The number of aromatic nitrogens is 4. The number of anilines is 3. The van der Waals surface area contributed by atoms with E-state index in [1.165, 1.54) is 23.5 Å². The molecule has 1 amide bonds.